The highest BCUT2D eigenvalue weighted by Gasteiger charge is 2.43. The van der Waals surface area contributed by atoms with Crippen LogP contribution in [0.2, 0.25) is 0 Å². The van der Waals surface area contributed by atoms with Crippen molar-refractivity contribution >= 4 is 29.9 Å². The van der Waals surface area contributed by atoms with Gasteiger partial charge in [-0.05, 0) is 70.2 Å². The molecule has 3 unspecified atom stereocenters. The van der Waals surface area contributed by atoms with Crippen molar-refractivity contribution in [3.05, 3.63) is 29.8 Å². The maximum absolute atomic E-state index is 13.7. The first kappa shape index (κ1) is 23.1. The molecule has 1 N–H and O–H groups in total. The van der Waals surface area contributed by atoms with Gasteiger partial charge in [0, 0.05) is 30.7 Å². The van der Waals surface area contributed by atoms with Gasteiger partial charge in [-0.3, -0.25) is 9.59 Å². The molecule has 3 atom stereocenters. The molecule has 5 nitrogen and oxygen atoms in total. The van der Waals surface area contributed by atoms with Gasteiger partial charge in [-0.1, -0.05) is 31.0 Å². The number of nitrogens with one attached hydrogen (secondary N) is 1. The second kappa shape index (κ2) is 10.1. The molecule has 30 heavy (non-hydrogen) atoms. The van der Waals surface area contributed by atoms with Crippen molar-refractivity contribution in [3.63, 3.8) is 0 Å². The van der Waals surface area contributed by atoms with Crippen LogP contribution in [0.1, 0.15) is 51.0 Å². The predicted molar refractivity (Wildman–Crippen MR) is 123 cm³/mol. The molecular weight excluding hydrogens is 398 g/mol. The van der Waals surface area contributed by atoms with Gasteiger partial charge in [0.15, 0.2) is 0 Å². The Bertz CT molecular complexity index is 748. The number of hydrogen-bond acceptors (Lipinski definition) is 3. The Morgan fingerprint density at radius 3 is 2.30 bits per heavy atom. The van der Waals surface area contributed by atoms with Crippen LogP contribution in [0.5, 0.6) is 0 Å². The third-order valence-corrected chi connectivity index (χ3v) is 7.26. The van der Waals surface area contributed by atoms with Gasteiger partial charge in [-0.25, -0.2) is 0 Å². The Hall–Kier alpha value is -1.59. The van der Waals surface area contributed by atoms with Crippen LogP contribution >= 0.6 is 12.4 Å². The van der Waals surface area contributed by atoms with Crippen molar-refractivity contribution in [2.75, 3.05) is 31.6 Å². The van der Waals surface area contributed by atoms with E-state index >= 15 is 0 Å². The zero-order chi connectivity index (χ0) is 20.4. The Morgan fingerprint density at radius 1 is 1.00 bits per heavy atom. The van der Waals surface area contributed by atoms with Crippen LogP contribution in [-0.2, 0) is 16.0 Å². The number of para-hydroxylation sites is 1. The monoisotopic (exact) mass is 433 g/mol. The lowest BCUT2D eigenvalue weighted by molar-refractivity contribution is -0.144. The number of fused-ring (bicyclic) bond motifs is 1. The Morgan fingerprint density at radius 2 is 1.63 bits per heavy atom. The van der Waals surface area contributed by atoms with Crippen LogP contribution in [0.15, 0.2) is 24.3 Å². The second-order valence-corrected chi connectivity index (χ2v) is 9.21. The fourth-order valence-electron chi connectivity index (χ4n) is 5.68. The van der Waals surface area contributed by atoms with E-state index in [1.807, 2.05) is 29.0 Å². The number of benzene rings is 1. The Balaban J connectivity index is 0.00000256. The summed E-state index contributed by atoms with van der Waals surface area (Å²) in [6, 6.07) is 8.41. The van der Waals surface area contributed by atoms with Crippen LogP contribution in [0.25, 0.3) is 0 Å². The quantitative estimate of drug-likeness (QED) is 0.788. The van der Waals surface area contributed by atoms with Gasteiger partial charge >= 0.3 is 0 Å². The van der Waals surface area contributed by atoms with Gasteiger partial charge in [0.05, 0.1) is 5.92 Å². The number of halogens is 1. The van der Waals surface area contributed by atoms with Crippen molar-refractivity contribution in [1.82, 2.24) is 10.2 Å². The molecule has 2 heterocycles. The third kappa shape index (κ3) is 4.52. The molecule has 4 rings (SSSR count). The number of carbonyl (C=O) groups excluding carboxylic acids is 2. The normalized spacial score (nSPS) is 26.8. The molecule has 2 amide bonds. The van der Waals surface area contributed by atoms with Gasteiger partial charge in [0.2, 0.25) is 11.8 Å². The standard InChI is InChI=1S/C24H35N3O2.ClH/c1-17-15-19-7-3-6-10-22(19)27(17)24(29)21-9-5-4-8-20(21)23(28)26-13-11-18(12-14-26)16-25-2;/h3,6-7,10,17-18,20-21,25H,4-5,8-9,11-16H2,1-2H3;1H. The van der Waals surface area contributed by atoms with Crippen LogP contribution in [-0.4, -0.2) is 49.4 Å². The molecule has 1 aromatic rings. The van der Waals surface area contributed by atoms with Crippen LogP contribution in [0, 0.1) is 17.8 Å². The van der Waals surface area contributed by atoms with Crippen molar-refractivity contribution in [1.29, 1.82) is 0 Å². The number of anilines is 1. The van der Waals surface area contributed by atoms with E-state index in [9.17, 15) is 9.59 Å². The highest BCUT2D eigenvalue weighted by atomic mass is 35.5. The lowest BCUT2D eigenvalue weighted by Gasteiger charge is -2.39. The number of rotatable bonds is 4. The van der Waals surface area contributed by atoms with E-state index in [0.29, 0.717) is 5.92 Å². The van der Waals surface area contributed by atoms with Gasteiger partial charge in [-0.2, -0.15) is 0 Å². The predicted octanol–water partition coefficient (Wildman–Crippen LogP) is 3.65. The van der Waals surface area contributed by atoms with Crippen molar-refractivity contribution in [2.24, 2.45) is 17.8 Å². The summed E-state index contributed by atoms with van der Waals surface area (Å²) in [6.45, 7) is 4.83. The average molecular weight is 434 g/mol. The first-order valence-electron chi connectivity index (χ1n) is 11.4. The summed E-state index contributed by atoms with van der Waals surface area (Å²) >= 11 is 0. The molecule has 1 aromatic carbocycles. The first-order chi connectivity index (χ1) is 14.1. The molecule has 0 aromatic heterocycles. The summed E-state index contributed by atoms with van der Waals surface area (Å²) < 4.78 is 0. The highest BCUT2D eigenvalue weighted by molar-refractivity contribution is 6.00. The van der Waals surface area contributed by atoms with E-state index < -0.39 is 0 Å². The maximum Gasteiger partial charge on any atom is 0.231 e. The zero-order valence-electron chi connectivity index (χ0n) is 18.3. The lowest BCUT2D eigenvalue weighted by atomic mass is 9.77. The Labute approximate surface area is 187 Å². The van der Waals surface area contributed by atoms with E-state index in [4.69, 9.17) is 0 Å². The molecule has 1 saturated carbocycles. The van der Waals surface area contributed by atoms with Crippen molar-refractivity contribution in [2.45, 2.75) is 57.9 Å². The number of carbonyl (C=O) groups is 2. The molecule has 1 aliphatic carbocycles. The fourth-order valence-corrected chi connectivity index (χ4v) is 5.68. The van der Waals surface area contributed by atoms with E-state index in [2.05, 4.69) is 24.4 Å². The first-order valence-corrected chi connectivity index (χ1v) is 11.4. The zero-order valence-corrected chi connectivity index (χ0v) is 19.1. The topological polar surface area (TPSA) is 52.7 Å². The number of piperidine rings is 1. The average Bonchev–Trinajstić information content (AvgIpc) is 3.09. The molecule has 6 heteroatoms. The van der Waals surface area contributed by atoms with Gasteiger partial charge < -0.3 is 15.1 Å². The smallest absolute Gasteiger partial charge is 0.231 e. The van der Waals surface area contributed by atoms with E-state index in [1.54, 1.807) is 0 Å². The lowest BCUT2D eigenvalue weighted by Crippen LogP contribution is -2.50. The fraction of sp³-hybridized carbons (Fsp3) is 0.667. The van der Waals surface area contributed by atoms with Crippen molar-refractivity contribution < 1.29 is 9.59 Å². The number of likely N-dealkylation sites (tertiary alicyclic amines) is 1. The number of nitrogens with zero attached hydrogens (tertiary/aromatic N) is 2. The molecular formula is C24H36ClN3O2. The Kier molecular flexibility index (Phi) is 7.81. The third-order valence-electron chi connectivity index (χ3n) is 7.26. The molecule has 0 bridgehead atoms. The van der Waals surface area contributed by atoms with Crippen LogP contribution < -0.4 is 10.2 Å². The molecule has 0 radical (unpaired) electrons. The number of amides is 2. The summed E-state index contributed by atoms with van der Waals surface area (Å²) in [5.74, 6) is 0.753. The van der Waals surface area contributed by atoms with Crippen LogP contribution in [0.4, 0.5) is 5.69 Å². The molecule has 3 aliphatic rings. The second-order valence-electron chi connectivity index (χ2n) is 9.21. The van der Waals surface area contributed by atoms with Gasteiger partial charge in [0.25, 0.3) is 0 Å². The highest BCUT2D eigenvalue weighted by Crippen LogP contribution is 2.39. The van der Waals surface area contributed by atoms with Gasteiger partial charge in [0.1, 0.15) is 0 Å². The largest absolute Gasteiger partial charge is 0.342 e. The molecule has 2 aliphatic heterocycles. The summed E-state index contributed by atoms with van der Waals surface area (Å²) in [5.41, 5.74) is 2.30. The van der Waals surface area contributed by atoms with Crippen molar-refractivity contribution in [3.8, 4) is 0 Å². The summed E-state index contributed by atoms with van der Waals surface area (Å²) in [7, 11) is 1.99. The SMILES string of the molecule is CNCC1CCN(C(=O)C2CCCCC2C(=O)N2c3ccccc3CC2C)CC1.Cl. The number of hydrogen-bond donors (Lipinski definition) is 1. The summed E-state index contributed by atoms with van der Waals surface area (Å²) in [6.07, 6.45) is 6.85. The summed E-state index contributed by atoms with van der Waals surface area (Å²) in [4.78, 5) is 31.1. The van der Waals surface area contributed by atoms with Crippen LogP contribution in [0.3, 0.4) is 0 Å². The molecule has 166 valence electrons. The minimum absolute atomic E-state index is 0. The minimum atomic E-state index is -0.167. The molecule has 2 fully saturated rings. The molecule has 1 saturated heterocycles. The summed E-state index contributed by atoms with van der Waals surface area (Å²) in [5, 5.41) is 3.26. The van der Waals surface area contributed by atoms with E-state index in [0.717, 1.165) is 70.3 Å². The maximum atomic E-state index is 13.7. The molecule has 0 spiro atoms. The minimum Gasteiger partial charge on any atom is -0.342 e. The van der Waals surface area contributed by atoms with E-state index in [-0.39, 0.29) is 42.1 Å². The van der Waals surface area contributed by atoms with E-state index in [1.165, 1.54) is 5.56 Å². The van der Waals surface area contributed by atoms with Gasteiger partial charge in [-0.15, -0.1) is 12.4 Å².